The van der Waals surface area contributed by atoms with Gasteiger partial charge >= 0.3 is 0 Å². The van der Waals surface area contributed by atoms with Gasteiger partial charge in [0.05, 0.1) is 24.9 Å². The van der Waals surface area contributed by atoms with Crippen molar-refractivity contribution in [2.24, 2.45) is 11.8 Å². The number of hydrogen-bond donors (Lipinski definition) is 2. The van der Waals surface area contributed by atoms with E-state index in [4.69, 9.17) is 16.3 Å². The van der Waals surface area contributed by atoms with E-state index >= 15 is 0 Å². The molecule has 1 aliphatic carbocycles. The van der Waals surface area contributed by atoms with Crippen molar-refractivity contribution >= 4 is 34.1 Å². The third-order valence-electron chi connectivity index (χ3n) is 7.63. The predicted octanol–water partition coefficient (Wildman–Crippen LogP) is 4.06. The van der Waals surface area contributed by atoms with E-state index in [2.05, 4.69) is 22.1 Å². The molecule has 0 radical (unpaired) electrons. The number of likely N-dealkylation sites (tertiary alicyclic amines) is 1. The number of benzene rings is 1. The second-order valence-corrected chi connectivity index (χ2v) is 10.2. The van der Waals surface area contributed by atoms with Gasteiger partial charge < -0.3 is 15.2 Å². The highest BCUT2D eigenvalue weighted by atomic mass is 35.5. The van der Waals surface area contributed by atoms with Gasteiger partial charge in [-0.3, -0.25) is 9.69 Å². The molecule has 5 rings (SSSR count). The van der Waals surface area contributed by atoms with Gasteiger partial charge in [-0.1, -0.05) is 11.6 Å². The fourth-order valence-corrected chi connectivity index (χ4v) is 5.56. The fourth-order valence-electron chi connectivity index (χ4n) is 5.23. The summed E-state index contributed by atoms with van der Waals surface area (Å²) in [6.45, 7) is 4.67. The molecule has 33 heavy (non-hydrogen) atoms. The summed E-state index contributed by atoms with van der Waals surface area (Å²) >= 11 is 6.63. The Morgan fingerprint density at radius 3 is 2.70 bits per heavy atom. The van der Waals surface area contributed by atoms with Crippen molar-refractivity contribution in [1.29, 1.82) is 0 Å². The summed E-state index contributed by atoms with van der Waals surface area (Å²) in [5.41, 5.74) is 0.711. The molecular formula is C24H28ClF2N3O3. The lowest BCUT2D eigenvalue weighted by Gasteiger charge is -2.43. The lowest BCUT2D eigenvalue weighted by atomic mass is 9.85. The van der Waals surface area contributed by atoms with Crippen molar-refractivity contribution in [3.05, 3.63) is 35.0 Å². The highest BCUT2D eigenvalue weighted by Crippen LogP contribution is 2.44. The molecule has 1 aromatic carbocycles. The van der Waals surface area contributed by atoms with Gasteiger partial charge in [0.15, 0.2) is 0 Å². The number of alkyl halides is 2. The Balaban J connectivity index is 1.30. The van der Waals surface area contributed by atoms with Crippen LogP contribution in [0.5, 0.6) is 0 Å². The highest BCUT2D eigenvalue weighted by Gasteiger charge is 2.49. The molecule has 4 atom stereocenters. The lowest BCUT2D eigenvalue weighted by molar-refractivity contribution is -0.118. The largest absolute Gasteiger partial charge is 0.389 e. The normalized spacial score (nSPS) is 30.8. The van der Waals surface area contributed by atoms with Crippen molar-refractivity contribution in [2.75, 3.05) is 31.6 Å². The second-order valence-electron chi connectivity index (χ2n) is 9.77. The maximum Gasteiger partial charge on any atom is 0.242 e. The zero-order chi connectivity index (χ0) is 23.3. The van der Waals surface area contributed by atoms with Crippen LogP contribution in [-0.2, 0) is 9.53 Å². The van der Waals surface area contributed by atoms with Gasteiger partial charge in [0, 0.05) is 28.4 Å². The summed E-state index contributed by atoms with van der Waals surface area (Å²) in [5.74, 6) is -1.25. The van der Waals surface area contributed by atoms with Gasteiger partial charge in [-0.2, -0.15) is 0 Å². The van der Waals surface area contributed by atoms with Crippen LogP contribution in [0.2, 0.25) is 5.02 Å². The smallest absolute Gasteiger partial charge is 0.242 e. The maximum atomic E-state index is 12.8. The molecule has 0 unspecified atom stereocenters. The van der Waals surface area contributed by atoms with Crippen LogP contribution in [0.25, 0.3) is 10.8 Å². The van der Waals surface area contributed by atoms with Crippen LogP contribution in [0, 0.1) is 11.8 Å². The molecule has 178 valence electrons. The van der Waals surface area contributed by atoms with Crippen LogP contribution in [0.1, 0.15) is 37.7 Å². The van der Waals surface area contributed by atoms with Crippen molar-refractivity contribution in [2.45, 2.75) is 50.2 Å². The predicted molar refractivity (Wildman–Crippen MR) is 122 cm³/mol. The van der Waals surface area contributed by atoms with Crippen LogP contribution in [0.15, 0.2) is 24.4 Å². The Morgan fingerprint density at radius 1 is 1.30 bits per heavy atom. The molecule has 0 spiro atoms. The summed E-state index contributed by atoms with van der Waals surface area (Å²) in [6, 6.07) is 5.71. The topological polar surface area (TPSA) is 74.7 Å². The zero-order valence-corrected chi connectivity index (χ0v) is 19.2. The minimum absolute atomic E-state index is 0.220. The van der Waals surface area contributed by atoms with Crippen molar-refractivity contribution < 1.29 is 23.4 Å². The average Bonchev–Trinajstić information content (AvgIpc) is 3.54. The molecule has 3 heterocycles. The lowest BCUT2D eigenvalue weighted by Crippen LogP contribution is -2.56. The van der Waals surface area contributed by atoms with E-state index in [0.29, 0.717) is 24.1 Å². The number of hydrogen-bond acceptors (Lipinski definition) is 5. The molecule has 2 N–H and O–H groups in total. The molecule has 0 bridgehead atoms. The number of nitrogens with zero attached hydrogens (tertiary/aromatic N) is 2. The van der Waals surface area contributed by atoms with Crippen LogP contribution >= 0.6 is 11.6 Å². The number of fused-ring (bicyclic) bond motifs is 1. The molecular weight excluding hydrogens is 452 g/mol. The number of pyridine rings is 1. The monoisotopic (exact) mass is 479 g/mol. The number of piperidine rings is 1. The first kappa shape index (κ1) is 22.9. The molecule has 2 saturated heterocycles. The van der Waals surface area contributed by atoms with Gasteiger partial charge in [0.2, 0.25) is 12.3 Å². The highest BCUT2D eigenvalue weighted by molar-refractivity contribution is 6.32. The van der Waals surface area contributed by atoms with Crippen LogP contribution in [0.3, 0.4) is 0 Å². The number of halogens is 3. The first-order valence-corrected chi connectivity index (χ1v) is 11.8. The molecule has 6 nitrogen and oxygen atoms in total. The third kappa shape index (κ3) is 4.34. The summed E-state index contributed by atoms with van der Waals surface area (Å²) in [5, 5.41) is 15.5. The first-order chi connectivity index (χ1) is 15.8. The SMILES string of the molecule is C[C@@]1(N2CCC(c3cc4cc(NC(=O)[C@H]5C[C@@H]5C(F)F)ncc4cc3Cl)CC2)COC[C@@H]1O. The number of carbonyl (C=O) groups excluding carboxylic acids is 1. The summed E-state index contributed by atoms with van der Waals surface area (Å²) in [6.07, 6.45) is 0.748. The number of aromatic nitrogens is 1. The number of amides is 1. The Morgan fingerprint density at radius 2 is 2.06 bits per heavy atom. The molecule has 1 saturated carbocycles. The van der Waals surface area contributed by atoms with Gasteiger partial charge in [-0.15, -0.1) is 0 Å². The second kappa shape index (κ2) is 8.73. The average molecular weight is 480 g/mol. The van der Waals surface area contributed by atoms with E-state index in [-0.39, 0.29) is 17.9 Å². The standard InChI is InChI=1S/C24H28ClF2N3O3/c1-24(12-33-11-20(24)31)30-4-2-13(3-5-30)16-6-14-8-21(28-10-15(14)7-19(16)25)29-23(32)18-9-17(18)22(26)27/h6-8,10,13,17-18,20,22,31H,2-5,9,11-12H2,1H3,(H,28,29,32)/t17-,18-,20-,24+/m0/s1. The van der Waals surface area contributed by atoms with E-state index < -0.39 is 30.3 Å². The number of nitrogens with one attached hydrogen (secondary N) is 1. The first-order valence-electron chi connectivity index (χ1n) is 11.5. The van der Waals surface area contributed by atoms with Crippen molar-refractivity contribution in [1.82, 2.24) is 9.88 Å². The summed E-state index contributed by atoms with van der Waals surface area (Å²) in [7, 11) is 0. The van der Waals surface area contributed by atoms with Crippen molar-refractivity contribution in [3.63, 3.8) is 0 Å². The minimum atomic E-state index is -2.46. The molecule has 3 aliphatic rings. The minimum Gasteiger partial charge on any atom is -0.389 e. The maximum absolute atomic E-state index is 12.8. The Kier molecular flexibility index (Phi) is 6.05. The van der Waals surface area contributed by atoms with E-state index in [9.17, 15) is 18.7 Å². The van der Waals surface area contributed by atoms with Gasteiger partial charge in [-0.05, 0) is 74.3 Å². The van der Waals surface area contributed by atoms with E-state index in [1.807, 2.05) is 12.1 Å². The third-order valence-corrected chi connectivity index (χ3v) is 7.96. The fraction of sp³-hybridized carbons (Fsp3) is 0.583. The molecule has 2 aliphatic heterocycles. The molecule has 2 aromatic rings. The van der Waals surface area contributed by atoms with E-state index in [0.717, 1.165) is 42.3 Å². The van der Waals surface area contributed by atoms with E-state index in [1.54, 1.807) is 12.3 Å². The number of aliphatic hydroxyl groups excluding tert-OH is 1. The van der Waals surface area contributed by atoms with Gasteiger partial charge in [0.25, 0.3) is 0 Å². The molecule has 3 fully saturated rings. The quantitative estimate of drug-likeness (QED) is 0.676. The number of ether oxygens (including phenoxy) is 1. The number of anilines is 1. The Hall–Kier alpha value is -1.87. The summed E-state index contributed by atoms with van der Waals surface area (Å²) < 4.78 is 31.0. The van der Waals surface area contributed by atoms with Crippen LogP contribution < -0.4 is 5.32 Å². The Bertz CT molecular complexity index is 1060. The summed E-state index contributed by atoms with van der Waals surface area (Å²) in [4.78, 5) is 18.8. The number of aliphatic hydroxyl groups is 1. The zero-order valence-electron chi connectivity index (χ0n) is 18.4. The van der Waals surface area contributed by atoms with Crippen LogP contribution in [0.4, 0.5) is 14.6 Å². The van der Waals surface area contributed by atoms with Crippen molar-refractivity contribution in [3.8, 4) is 0 Å². The number of carbonyl (C=O) groups is 1. The molecule has 9 heteroatoms. The van der Waals surface area contributed by atoms with Gasteiger partial charge in [0.1, 0.15) is 5.82 Å². The van der Waals surface area contributed by atoms with E-state index in [1.165, 1.54) is 0 Å². The molecule has 1 aromatic heterocycles. The number of rotatable bonds is 5. The van der Waals surface area contributed by atoms with Gasteiger partial charge in [-0.25, -0.2) is 13.8 Å². The Labute approximate surface area is 196 Å². The van der Waals surface area contributed by atoms with Crippen LogP contribution in [-0.4, -0.2) is 65.3 Å². The molecule has 1 amide bonds.